The molecule has 3 rings (SSSR count). The fourth-order valence-corrected chi connectivity index (χ4v) is 7.32. The first-order valence-electron chi connectivity index (χ1n) is 8.38. The maximum atomic E-state index is 13.2. The van der Waals surface area contributed by atoms with Gasteiger partial charge in [-0.3, -0.25) is 0 Å². The first kappa shape index (κ1) is 19.7. The molecule has 0 unspecified atom stereocenters. The predicted octanol–water partition coefficient (Wildman–Crippen LogP) is 1.25. The van der Waals surface area contributed by atoms with E-state index >= 15 is 0 Å². The van der Waals surface area contributed by atoms with E-state index < -0.39 is 34.5 Å². The standard InChI is InChI=1S/C15H12N3O4S.3CH3.Sn/c19-15(20)17-10-11-9-13-14(7-4-8-16-13)18(11)23(21,22)12-5-2-1-3-6-12;;;;/h1-7,9,17H,10H2,(H,19,20);3*1H3;/p-1. The van der Waals surface area contributed by atoms with Crippen LogP contribution in [0.15, 0.2) is 53.4 Å². The van der Waals surface area contributed by atoms with Crippen molar-refractivity contribution in [2.45, 2.75) is 26.3 Å². The van der Waals surface area contributed by atoms with Crippen LogP contribution in [0.4, 0.5) is 4.79 Å². The van der Waals surface area contributed by atoms with Crippen molar-refractivity contribution >= 4 is 49.2 Å². The molecule has 0 aliphatic rings. The predicted molar refractivity (Wildman–Crippen MR) is 104 cm³/mol. The van der Waals surface area contributed by atoms with E-state index in [1.807, 2.05) is 6.07 Å². The van der Waals surface area contributed by atoms with Gasteiger partial charge in [0.25, 0.3) is 0 Å². The van der Waals surface area contributed by atoms with Crippen molar-refractivity contribution < 1.29 is 18.3 Å². The van der Waals surface area contributed by atoms with E-state index in [9.17, 15) is 18.3 Å². The van der Waals surface area contributed by atoms with Crippen LogP contribution in [0, 0.1) is 0 Å². The molecule has 0 fully saturated rings. The molecule has 1 aromatic carbocycles. The van der Waals surface area contributed by atoms with Crippen LogP contribution in [0.5, 0.6) is 0 Å². The summed E-state index contributed by atoms with van der Waals surface area (Å²) in [5.41, 5.74) is 1.24. The van der Waals surface area contributed by atoms with Gasteiger partial charge in [-0.1, -0.05) is 0 Å². The third-order valence-corrected chi connectivity index (χ3v) is 11.1. The Bertz CT molecular complexity index is 1100. The number of aromatic nitrogens is 2. The average molecular weight is 493 g/mol. The summed E-state index contributed by atoms with van der Waals surface area (Å²) in [7, 11) is -3.91. The number of rotatable bonds is 5. The molecule has 0 atom stereocenters. The summed E-state index contributed by atoms with van der Waals surface area (Å²) in [5.74, 6) is 0. The summed E-state index contributed by atoms with van der Waals surface area (Å²) in [4.78, 5) is 22.3. The van der Waals surface area contributed by atoms with Crippen LogP contribution in [0.25, 0.3) is 11.0 Å². The molecular formula is C18H20N3O4SSn-. The van der Waals surface area contributed by atoms with E-state index in [4.69, 9.17) is 0 Å². The van der Waals surface area contributed by atoms with Crippen LogP contribution < -0.4 is 14.1 Å². The summed E-state index contributed by atoms with van der Waals surface area (Å²) in [6, 6.07) is 13.3. The van der Waals surface area contributed by atoms with Crippen LogP contribution in [0.3, 0.4) is 0 Å². The molecule has 2 heterocycles. The molecule has 0 saturated heterocycles. The fourth-order valence-electron chi connectivity index (χ4n) is 2.80. The molecule has 0 radical (unpaired) electrons. The van der Waals surface area contributed by atoms with Crippen molar-refractivity contribution in [1.82, 2.24) is 14.3 Å². The van der Waals surface area contributed by atoms with E-state index in [0.29, 0.717) is 11.0 Å². The van der Waals surface area contributed by atoms with Gasteiger partial charge in [0, 0.05) is 0 Å². The summed E-state index contributed by atoms with van der Waals surface area (Å²) in [6.07, 6.45) is -1.47. The summed E-state index contributed by atoms with van der Waals surface area (Å²) < 4.78 is 28.6. The second-order valence-electron chi connectivity index (χ2n) is 7.21. The Kier molecular flexibility index (Phi) is 5.22. The van der Waals surface area contributed by atoms with Crippen molar-refractivity contribution in [2.75, 3.05) is 0 Å². The Hall–Kier alpha value is -2.07. The Balaban J connectivity index is 2.25. The molecule has 0 saturated carbocycles. The van der Waals surface area contributed by atoms with Gasteiger partial charge in [-0.25, -0.2) is 0 Å². The minimum absolute atomic E-state index is 0.122. The van der Waals surface area contributed by atoms with Crippen LogP contribution in [0.1, 0.15) is 5.69 Å². The van der Waals surface area contributed by atoms with Gasteiger partial charge >= 0.3 is 162 Å². The van der Waals surface area contributed by atoms with E-state index in [1.165, 1.54) is 12.1 Å². The van der Waals surface area contributed by atoms with Crippen LogP contribution in [0.2, 0.25) is 14.8 Å². The first-order valence-corrected chi connectivity index (χ1v) is 19.8. The van der Waals surface area contributed by atoms with Crippen LogP contribution in [-0.2, 0) is 16.6 Å². The van der Waals surface area contributed by atoms with Gasteiger partial charge in [0.05, 0.1) is 0 Å². The molecule has 0 aliphatic heterocycles. The van der Waals surface area contributed by atoms with Crippen LogP contribution in [-0.4, -0.2) is 41.8 Å². The summed E-state index contributed by atoms with van der Waals surface area (Å²) in [6.45, 7) is -0.196. The quantitative estimate of drug-likeness (QED) is 0.540. The molecule has 142 valence electrons. The topological polar surface area (TPSA) is 104 Å². The molecule has 1 N–H and O–H groups in total. The number of amides is 1. The number of hydrogen-bond acceptors (Lipinski definition) is 5. The maximum absolute atomic E-state index is 13.2. The number of carboxylic acid groups (broad SMARTS) is 1. The number of carbonyl (C=O) groups excluding carboxylic acids is 1. The van der Waals surface area contributed by atoms with Gasteiger partial charge in [0.1, 0.15) is 0 Å². The van der Waals surface area contributed by atoms with Gasteiger partial charge in [0.2, 0.25) is 0 Å². The van der Waals surface area contributed by atoms with Crippen molar-refractivity contribution in [2.24, 2.45) is 0 Å². The molecule has 0 aliphatic carbocycles. The first-order chi connectivity index (χ1) is 12.6. The molecule has 3 aromatic rings. The Morgan fingerprint density at radius 3 is 2.41 bits per heavy atom. The van der Waals surface area contributed by atoms with Gasteiger partial charge in [-0.05, 0) is 0 Å². The molecule has 27 heavy (non-hydrogen) atoms. The second-order valence-corrected chi connectivity index (χ2v) is 23.3. The second kappa shape index (κ2) is 7.16. The minimum atomic E-state index is -3.91. The van der Waals surface area contributed by atoms with E-state index in [1.54, 1.807) is 30.3 Å². The fraction of sp³-hybridized carbons (Fsp3) is 0.222. The van der Waals surface area contributed by atoms with Crippen LogP contribution >= 0.6 is 0 Å². The van der Waals surface area contributed by atoms with E-state index in [-0.39, 0.29) is 17.1 Å². The van der Waals surface area contributed by atoms with E-state index in [2.05, 4.69) is 25.1 Å². The SMILES string of the molecule is [CH3][Sn]([CH3])([CH3])[c]1ccc2c(cc(CNC(=O)[O-])n2S(=O)(=O)c2ccccc2)n1. The van der Waals surface area contributed by atoms with Gasteiger partial charge < -0.3 is 0 Å². The molecule has 0 bridgehead atoms. The number of carbonyl (C=O) groups is 1. The molecule has 2 aromatic heterocycles. The average Bonchev–Trinajstić information content (AvgIpc) is 2.98. The van der Waals surface area contributed by atoms with Crippen molar-refractivity contribution in [3.8, 4) is 0 Å². The molecule has 7 nitrogen and oxygen atoms in total. The van der Waals surface area contributed by atoms with E-state index in [0.717, 1.165) is 7.68 Å². The number of benzene rings is 1. The van der Waals surface area contributed by atoms with Gasteiger partial charge in [-0.2, -0.15) is 0 Å². The Morgan fingerprint density at radius 2 is 1.81 bits per heavy atom. The monoisotopic (exact) mass is 494 g/mol. The number of nitrogens with one attached hydrogen (secondary N) is 1. The summed E-state index contributed by atoms with van der Waals surface area (Å²) in [5, 5.41) is 13.0. The number of hydrogen-bond donors (Lipinski definition) is 1. The number of fused-ring (bicyclic) bond motifs is 1. The molecular weight excluding hydrogens is 473 g/mol. The number of nitrogens with zero attached hydrogens (tertiary/aromatic N) is 2. The summed E-state index contributed by atoms with van der Waals surface area (Å²) >= 11 is -2.45. The zero-order chi connectivity index (χ0) is 19.8. The molecule has 0 spiro atoms. The Labute approximate surface area is 162 Å². The normalized spacial score (nSPS) is 12.3. The van der Waals surface area contributed by atoms with Gasteiger partial charge in [-0.15, -0.1) is 0 Å². The zero-order valence-corrected chi connectivity index (χ0v) is 18.9. The van der Waals surface area contributed by atoms with Crippen molar-refractivity contribution in [1.29, 1.82) is 0 Å². The molecule has 9 heteroatoms. The third kappa shape index (κ3) is 3.96. The Morgan fingerprint density at radius 1 is 1.15 bits per heavy atom. The third-order valence-electron chi connectivity index (χ3n) is 4.15. The van der Waals surface area contributed by atoms with Crippen molar-refractivity contribution in [3.05, 3.63) is 54.2 Å². The van der Waals surface area contributed by atoms with Gasteiger partial charge in [0.15, 0.2) is 0 Å². The number of pyridine rings is 1. The van der Waals surface area contributed by atoms with Crippen molar-refractivity contribution in [3.63, 3.8) is 0 Å². The molecule has 1 amide bonds. The zero-order valence-electron chi connectivity index (χ0n) is 15.3.